The first-order chi connectivity index (χ1) is 7.79. The quantitative estimate of drug-likeness (QED) is 0.766. The summed E-state index contributed by atoms with van der Waals surface area (Å²) in [6.45, 7) is 3.34. The molecule has 2 atom stereocenters. The summed E-state index contributed by atoms with van der Waals surface area (Å²) in [5, 5.41) is 0. The van der Waals surface area contributed by atoms with E-state index in [1.807, 2.05) is 12.3 Å². The zero-order valence-electron chi connectivity index (χ0n) is 9.23. The lowest BCUT2D eigenvalue weighted by Gasteiger charge is -2.06. The molecule has 0 amide bonds. The number of hydrogen-bond acceptors (Lipinski definition) is 2. The van der Waals surface area contributed by atoms with Crippen molar-refractivity contribution in [1.29, 1.82) is 0 Å². The topological polar surface area (TPSA) is 30.7 Å². The molecule has 0 spiro atoms. The van der Waals surface area contributed by atoms with Crippen molar-refractivity contribution in [1.82, 2.24) is 14.5 Å². The zero-order chi connectivity index (χ0) is 11.1. The molecule has 3 rings (SSSR count). The summed E-state index contributed by atoms with van der Waals surface area (Å²) in [6.07, 6.45) is 4.94. The van der Waals surface area contributed by atoms with E-state index in [2.05, 4.69) is 21.5 Å². The van der Waals surface area contributed by atoms with Gasteiger partial charge in [0, 0.05) is 12.7 Å². The van der Waals surface area contributed by atoms with Crippen LogP contribution in [0, 0.1) is 11.8 Å². The highest BCUT2D eigenvalue weighted by molar-refractivity contribution is 6.16. The van der Waals surface area contributed by atoms with Gasteiger partial charge in [0.25, 0.3) is 0 Å². The summed E-state index contributed by atoms with van der Waals surface area (Å²) in [7, 11) is 0. The predicted molar refractivity (Wildman–Crippen MR) is 64.4 cm³/mol. The summed E-state index contributed by atoms with van der Waals surface area (Å²) < 4.78 is 2.25. The third-order valence-corrected chi connectivity index (χ3v) is 3.68. The van der Waals surface area contributed by atoms with Gasteiger partial charge in [0.2, 0.25) is 0 Å². The minimum Gasteiger partial charge on any atom is -0.327 e. The van der Waals surface area contributed by atoms with Crippen LogP contribution in [-0.2, 0) is 12.4 Å². The van der Waals surface area contributed by atoms with Crippen LogP contribution in [0.4, 0.5) is 0 Å². The fourth-order valence-corrected chi connectivity index (χ4v) is 2.43. The van der Waals surface area contributed by atoms with Gasteiger partial charge in [0.15, 0.2) is 0 Å². The van der Waals surface area contributed by atoms with Gasteiger partial charge in [-0.3, -0.25) is 4.98 Å². The van der Waals surface area contributed by atoms with Gasteiger partial charge in [0.05, 0.1) is 17.6 Å². The first-order valence-electron chi connectivity index (χ1n) is 5.64. The molecule has 1 saturated carbocycles. The average molecular weight is 236 g/mol. The number of aromatic nitrogens is 3. The second-order valence-corrected chi connectivity index (χ2v) is 4.88. The molecule has 3 nitrogen and oxygen atoms in total. The molecule has 1 fully saturated rings. The molecule has 2 aromatic rings. The monoisotopic (exact) mass is 235 g/mol. The van der Waals surface area contributed by atoms with E-state index in [1.165, 1.54) is 6.42 Å². The van der Waals surface area contributed by atoms with Crippen molar-refractivity contribution in [2.45, 2.75) is 25.8 Å². The van der Waals surface area contributed by atoms with E-state index < -0.39 is 0 Å². The van der Waals surface area contributed by atoms with E-state index in [9.17, 15) is 0 Å². The minimum atomic E-state index is 0.468. The Balaban J connectivity index is 2.05. The van der Waals surface area contributed by atoms with Crippen molar-refractivity contribution in [3.63, 3.8) is 0 Å². The largest absolute Gasteiger partial charge is 0.327 e. The van der Waals surface area contributed by atoms with Gasteiger partial charge >= 0.3 is 0 Å². The third kappa shape index (κ3) is 1.59. The van der Waals surface area contributed by atoms with Crippen LogP contribution in [0.15, 0.2) is 18.5 Å². The van der Waals surface area contributed by atoms with Crippen LogP contribution in [0.1, 0.15) is 19.2 Å². The summed E-state index contributed by atoms with van der Waals surface area (Å²) >= 11 is 5.94. The maximum absolute atomic E-state index is 5.94. The molecule has 4 heteroatoms. The summed E-state index contributed by atoms with van der Waals surface area (Å²) in [4.78, 5) is 8.60. The molecule has 2 heterocycles. The number of pyridine rings is 1. The van der Waals surface area contributed by atoms with E-state index in [-0.39, 0.29) is 0 Å². The Bertz CT molecular complexity index is 520. The van der Waals surface area contributed by atoms with Crippen molar-refractivity contribution in [2.24, 2.45) is 11.8 Å². The number of halogens is 1. The smallest absolute Gasteiger partial charge is 0.124 e. The second kappa shape index (κ2) is 3.74. The molecule has 1 aliphatic carbocycles. The van der Waals surface area contributed by atoms with E-state index in [0.29, 0.717) is 5.88 Å². The lowest BCUT2D eigenvalue weighted by Crippen LogP contribution is -2.04. The number of imidazole rings is 1. The summed E-state index contributed by atoms with van der Waals surface area (Å²) in [5.41, 5.74) is 2.11. The second-order valence-electron chi connectivity index (χ2n) is 4.61. The van der Waals surface area contributed by atoms with Crippen LogP contribution < -0.4 is 0 Å². The predicted octanol–water partition coefficient (Wildman–Crippen LogP) is 2.83. The molecule has 1 aliphatic rings. The lowest BCUT2D eigenvalue weighted by atomic mass is 10.3. The minimum absolute atomic E-state index is 0.468. The van der Waals surface area contributed by atoms with Crippen LogP contribution in [0.2, 0.25) is 0 Å². The third-order valence-electron chi connectivity index (χ3n) is 3.44. The van der Waals surface area contributed by atoms with Gasteiger partial charge < -0.3 is 4.57 Å². The van der Waals surface area contributed by atoms with Gasteiger partial charge in [0.1, 0.15) is 11.3 Å². The maximum atomic E-state index is 5.94. The van der Waals surface area contributed by atoms with E-state index >= 15 is 0 Å². The van der Waals surface area contributed by atoms with Gasteiger partial charge in [-0.25, -0.2) is 4.98 Å². The van der Waals surface area contributed by atoms with Crippen LogP contribution in [-0.4, -0.2) is 14.5 Å². The van der Waals surface area contributed by atoms with E-state index in [4.69, 9.17) is 11.6 Å². The highest BCUT2D eigenvalue weighted by atomic mass is 35.5. The summed E-state index contributed by atoms with van der Waals surface area (Å²) in [5.74, 6) is 3.08. The molecular weight excluding hydrogens is 222 g/mol. The molecule has 16 heavy (non-hydrogen) atoms. The Labute approximate surface area is 99.5 Å². The van der Waals surface area contributed by atoms with E-state index in [1.54, 1.807) is 6.20 Å². The molecule has 2 unspecified atom stereocenters. The number of hydrogen-bond donors (Lipinski definition) is 0. The first kappa shape index (κ1) is 10.1. The number of fused-ring (bicyclic) bond motifs is 1. The number of rotatable bonds is 3. The maximum Gasteiger partial charge on any atom is 0.124 e. The van der Waals surface area contributed by atoms with Crippen LogP contribution in [0.25, 0.3) is 11.0 Å². The van der Waals surface area contributed by atoms with Gasteiger partial charge in [-0.05, 0) is 24.3 Å². The molecule has 0 aliphatic heterocycles. The molecule has 2 aromatic heterocycles. The van der Waals surface area contributed by atoms with Crippen molar-refractivity contribution in [3.05, 3.63) is 24.3 Å². The highest BCUT2D eigenvalue weighted by Gasteiger charge is 2.33. The molecular formula is C12H14ClN3. The molecule has 0 radical (unpaired) electrons. The number of alkyl halides is 1. The highest BCUT2D eigenvalue weighted by Crippen LogP contribution is 2.39. The van der Waals surface area contributed by atoms with Crippen LogP contribution in [0.5, 0.6) is 0 Å². The van der Waals surface area contributed by atoms with Crippen molar-refractivity contribution in [2.75, 3.05) is 0 Å². The normalized spacial score (nSPS) is 23.9. The van der Waals surface area contributed by atoms with Gasteiger partial charge in [-0.15, -0.1) is 11.6 Å². The Morgan fingerprint density at radius 3 is 3.06 bits per heavy atom. The molecule has 0 bridgehead atoms. The Hall–Kier alpha value is -1.09. The molecule has 0 aromatic carbocycles. The SMILES string of the molecule is CC1CC1Cn1c(CCl)nc2cnccc21. The molecule has 84 valence electrons. The van der Waals surface area contributed by atoms with Crippen LogP contribution in [0.3, 0.4) is 0 Å². The Kier molecular flexibility index (Phi) is 2.36. The van der Waals surface area contributed by atoms with Crippen molar-refractivity contribution in [3.8, 4) is 0 Å². The summed E-state index contributed by atoms with van der Waals surface area (Å²) in [6, 6.07) is 2.02. The first-order valence-corrected chi connectivity index (χ1v) is 6.18. The lowest BCUT2D eigenvalue weighted by molar-refractivity contribution is 0.591. The fraction of sp³-hybridized carbons (Fsp3) is 0.500. The van der Waals surface area contributed by atoms with E-state index in [0.717, 1.165) is 35.2 Å². The standard InChI is InChI=1S/C12H14ClN3/c1-8-4-9(8)7-16-11-2-3-14-6-10(11)15-12(16)5-13/h2-3,6,8-9H,4-5,7H2,1H3. The Morgan fingerprint density at radius 2 is 2.38 bits per heavy atom. The molecule has 0 N–H and O–H groups in total. The fourth-order valence-electron chi connectivity index (χ4n) is 2.23. The zero-order valence-corrected chi connectivity index (χ0v) is 9.98. The number of nitrogens with zero attached hydrogens (tertiary/aromatic N) is 3. The van der Waals surface area contributed by atoms with Gasteiger partial charge in [-0.2, -0.15) is 0 Å². The Morgan fingerprint density at radius 1 is 1.56 bits per heavy atom. The van der Waals surface area contributed by atoms with Crippen molar-refractivity contribution < 1.29 is 0 Å². The van der Waals surface area contributed by atoms with Crippen LogP contribution >= 0.6 is 11.6 Å². The van der Waals surface area contributed by atoms with Gasteiger partial charge in [-0.1, -0.05) is 6.92 Å². The van der Waals surface area contributed by atoms with Crippen molar-refractivity contribution >= 4 is 22.6 Å². The average Bonchev–Trinajstić information content (AvgIpc) is 2.88. The molecule has 0 saturated heterocycles.